The molecule has 0 aliphatic heterocycles. The standard InChI is InChI=1S/C8H15O/c1-3-6-8(2,9)7-4-5-7/h7H,3-6H2,1-2H3. The fourth-order valence-electron chi connectivity index (χ4n) is 1.39. The highest BCUT2D eigenvalue weighted by atomic mass is 16.3. The Morgan fingerprint density at radius 1 is 1.56 bits per heavy atom. The molecule has 1 atom stereocenters. The second kappa shape index (κ2) is 2.30. The van der Waals surface area contributed by atoms with Crippen molar-refractivity contribution < 1.29 is 5.11 Å². The SMILES string of the molecule is CCCC(C)([O])C1CC1. The molecular formula is C8H15O. The van der Waals surface area contributed by atoms with Crippen molar-refractivity contribution in [1.82, 2.24) is 0 Å². The molecule has 0 bridgehead atoms. The van der Waals surface area contributed by atoms with Crippen LogP contribution in [0.4, 0.5) is 0 Å². The van der Waals surface area contributed by atoms with Crippen molar-refractivity contribution in [1.29, 1.82) is 0 Å². The lowest BCUT2D eigenvalue weighted by atomic mass is 9.95. The third-order valence-corrected chi connectivity index (χ3v) is 2.19. The molecule has 1 unspecified atom stereocenters. The van der Waals surface area contributed by atoms with Crippen molar-refractivity contribution in [2.24, 2.45) is 5.92 Å². The summed E-state index contributed by atoms with van der Waals surface area (Å²) >= 11 is 0. The average Bonchev–Trinajstić information content (AvgIpc) is 2.41. The first-order chi connectivity index (χ1) is 4.17. The highest BCUT2D eigenvalue weighted by molar-refractivity contribution is 4.90. The Kier molecular flexibility index (Phi) is 1.80. The summed E-state index contributed by atoms with van der Waals surface area (Å²) in [5, 5.41) is 11.5. The topological polar surface area (TPSA) is 19.9 Å². The van der Waals surface area contributed by atoms with Crippen LogP contribution >= 0.6 is 0 Å². The summed E-state index contributed by atoms with van der Waals surface area (Å²) in [5.74, 6) is 0.512. The third-order valence-electron chi connectivity index (χ3n) is 2.19. The Labute approximate surface area is 57.1 Å². The normalized spacial score (nSPS) is 25.7. The van der Waals surface area contributed by atoms with Crippen LogP contribution in [-0.4, -0.2) is 5.60 Å². The van der Waals surface area contributed by atoms with Gasteiger partial charge in [-0.2, -0.15) is 0 Å². The molecule has 0 heterocycles. The summed E-state index contributed by atoms with van der Waals surface area (Å²) in [5.41, 5.74) is -0.589. The van der Waals surface area contributed by atoms with Gasteiger partial charge < -0.3 is 0 Å². The summed E-state index contributed by atoms with van der Waals surface area (Å²) in [7, 11) is 0. The smallest absolute Gasteiger partial charge is 0.104 e. The molecule has 1 saturated carbocycles. The molecule has 1 nitrogen and oxygen atoms in total. The number of rotatable bonds is 3. The van der Waals surface area contributed by atoms with Crippen LogP contribution in [0.1, 0.15) is 39.5 Å². The van der Waals surface area contributed by atoms with E-state index in [4.69, 9.17) is 0 Å². The second-order valence-electron chi connectivity index (χ2n) is 3.34. The monoisotopic (exact) mass is 127 g/mol. The minimum atomic E-state index is -0.589. The Bertz CT molecular complexity index is 92.7. The van der Waals surface area contributed by atoms with E-state index in [2.05, 4.69) is 6.92 Å². The van der Waals surface area contributed by atoms with Gasteiger partial charge >= 0.3 is 0 Å². The van der Waals surface area contributed by atoms with E-state index in [1.54, 1.807) is 0 Å². The molecule has 0 spiro atoms. The minimum absolute atomic E-state index is 0.512. The third kappa shape index (κ3) is 1.68. The fourth-order valence-corrected chi connectivity index (χ4v) is 1.39. The number of hydrogen-bond donors (Lipinski definition) is 0. The van der Waals surface area contributed by atoms with E-state index in [9.17, 15) is 5.11 Å². The molecule has 0 amide bonds. The highest BCUT2D eigenvalue weighted by Crippen LogP contribution is 2.42. The van der Waals surface area contributed by atoms with Crippen molar-refractivity contribution in [3.05, 3.63) is 0 Å². The van der Waals surface area contributed by atoms with Crippen LogP contribution < -0.4 is 0 Å². The van der Waals surface area contributed by atoms with Gasteiger partial charge in [-0.25, -0.2) is 5.11 Å². The van der Waals surface area contributed by atoms with E-state index in [-0.39, 0.29) is 0 Å². The molecule has 1 radical (unpaired) electrons. The van der Waals surface area contributed by atoms with Gasteiger partial charge in [0.2, 0.25) is 0 Å². The Hall–Kier alpha value is -0.0400. The first-order valence-corrected chi connectivity index (χ1v) is 3.87. The molecule has 0 N–H and O–H groups in total. The minimum Gasteiger partial charge on any atom is -0.229 e. The van der Waals surface area contributed by atoms with Crippen molar-refractivity contribution in [2.75, 3.05) is 0 Å². The maximum Gasteiger partial charge on any atom is 0.104 e. The maximum atomic E-state index is 11.5. The van der Waals surface area contributed by atoms with Gasteiger partial charge in [-0.3, -0.25) is 0 Å². The molecule has 53 valence electrons. The summed E-state index contributed by atoms with van der Waals surface area (Å²) in [4.78, 5) is 0. The zero-order valence-electron chi connectivity index (χ0n) is 6.31. The lowest BCUT2D eigenvalue weighted by Gasteiger charge is -2.18. The van der Waals surface area contributed by atoms with Crippen LogP contribution in [0.25, 0.3) is 0 Å². The van der Waals surface area contributed by atoms with Gasteiger partial charge in [-0.1, -0.05) is 13.3 Å². The van der Waals surface area contributed by atoms with Crippen LogP contribution in [0.5, 0.6) is 0 Å². The Balaban J connectivity index is 2.30. The molecule has 0 aromatic rings. The fraction of sp³-hybridized carbons (Fsp3) is 1.00. The molecule has 9 heavy (non-hydrogen) atoms. The molecule has 1 aliphatic carbocycles. The molecule has 1 aliphatic rings. The first kappa shape index (κ1) is 7.07. The molecule has 0 aromatic carbocycles. The van der Waals surface area contributed by atoms with Crippen molar-refractivity contribution in [3.8, 4) is 0 Å². The van der Waals surface area contributed by atoms with E-state index in [0.29, 0.717) is 5.92 Å². The molecule has 0 aromatic heterocycles. The van der Waals surface area contributed by atoms with Crippen LogP contribution in [0, 0.1) is 5.92 Å². The quantitative estimate of drug-likeness (QED) is 0.554. The lowest BCUT2D eigenvalue weighted by molar-refractivity contribution is -0.0399. The van der Waals surface area contributed by atoms with Crippen LogP contribution in [0.15, 0.2) is 0 Å². The van der Waals surface area contributed by atoms with Gasteiger partial charge in [0, 0.05) is 0 Å². The van der Waals surface area contributed by atoms with Crippen molar-refractivity contribution in [2.45, 2.75) is 45.1 Å². The van der Waals surface area contributed by atoms with Crippen molar-refractivity contribution >= 4 is 0 Å². The predicted octanol–water partition coefficient (Wildman–Crippen LogP) is 2.39. The van der Waals surface area contributed by atoms with Gasteiger partial charge in [-0.05, 0) is 32.1 Å². The van der Waals surface area contributed by atoms with Crippen LogP contribution in [0.2, 0.25) is 0 Å². The van der Waals surface area contributed by atoms with Gasteiger partial charge in [0.25, 0.3) is 0 Å². The van der Waals surface area contributed by atoms with E-state index < -0.39 is 5.60 Å². The zero-order chi connectivity index (χ0) is 6.91. The molecule has 1 rings (SSSR count). The second-order valence-corrected chi connectivity index (χ2v) is 3.34. The van der Waals surface area contributed by atoms with Crippen LogP contribution in [0.3, 0.4) is 0 Å². The lowest BCUT2D eigenvalue weighted by Crippen LogP contribution is -2.24. The summed E-state index contributed by atoms with van der Waals surface area (Å²) in [6.45, 7) is 3.94. The molecule has 1 fully saturated rings. The largest absolute Gasteiger partial charge is 0.229 e. The summed E-state index contributed by atoms with van der Waals surface area (Å²) in [6.07, 6.45) is 4.26. The van der Waals surface area contributed by atoms with E-state index in [1.165, 1.54) is 12.8 Å². The molecule has 0 saturated heterocycles. The molecule has 1 heteroatoms. The van der Waals surface area contributed by atoms with Gasteiger partial charge in [0.1, 0.15) is 5.60 Å². The van der Waals surface area contributed by atoms with Gasteiger partial charge in [0.05, 0.1) is 0 Å². The first-order valence-electron chi connectivity index (χ1n) is 3.87. The average molecular weight is 127 g/mol. The highest BCUT2D eigenvalue weighted by Gasteiger charge is 2.40. The van der Waals surface area contributed by atoms with Crippen LogP contribution in [-0.2, 0) is 5.11 Å². The number of hydrogen-bond acceptors (Lipinski definition) is 0. The van der Waals surface area contributed by atoms with Crippen molar-refractivity contribution in [3.63, 3.8) is 0 Å². The van der Waals surface area contributed by atoms with Gasteiger partial charge in [-0.15, -0.1) is 0 Å². The Morgan fingerprint density at radius 2 is 2.11 bits per heavy atom. The maximum absolute atomic E-state index is 11.5. The summed E-state index contributed by atoms with van der Waals surface area (Å²) < 4.78 is 0. The van der Waals surface area contributed by atoms with Gasteiger partial charge in [0.15, 0.2) is 0 Å². The zero-order valence-corrected chi connectivity index (χ0v) is 6.31. The van der Waals surface area contributed by atoms with E-state index >= 15 is 0 Å². The Morgan fingerprint density at radius 3 is 2.44 bits per heavy atom. The van der Waals surface area contributed by atoms with E-state index in [1.807, 2.05) is 6.92 Å². The summed E-state index contributed by atoms with van der Waals surface area (Å²) in [6, 6.07) is 0. The predicted molar refractivity (Wildman–Crippen MR) is 36.7 cm³/mol. The van der Waals surface area contributed by atoms with E-state index in [0.717, 1.165) is 12.8 Å². The molecular weight excluding hydrogens is 112 g/mol.